The maximum atomic E-state index is 10.3. The normalized spacial score (nSPS) is 11.8. The second-order valence-electron chi connectivity index (χ2n) is 1.69. The fourth-order valence-electron chi connectivity index (χ4n) is 0.571. The summed E-state index contributed by atoms with van der Waals surface area (Å²) < 4.78 is 21.6. The number of hydrogen-bond acceptors (Lipinski definition) is 2. The zero-order valence-electron chi connectivity index (χ0n) is 5.91. The molecule has 0 bridgehead atoms. The predicted octanol–water partition coefficient (Wildman–Crippen LogP) is -1.47. The van der Waals surface area contributed by atoms with Crippen LogP contribution < -0.4 is 18.9 Å². The summed E-state index contributed by atoms with van der Waals surface area (Å²) in [5, 5.41) is 0. The van der Waals surface area contributed by atoms with Crippen LogP contribution in [0.1, 0.15) is 0 Å². The van der Waals surface area contributed by atoms with Crippen molar-refractivity contribution in [2.24, 2.45) is 0 Å². The van der Waals surface area contributed by atoms with E-state index in [0.717, 1.165) is 3.57 Å². The molecule has 0 fully saturated rings. The van der Waals surface area contributed by atoms with Gasteiger partial charge in [-0.2, -0.15) is 0 Å². The van der Waals surface area contributed by atoms with Gasteiger partial charge in [0.1, 0.15) is 0 Å². The standard InChI is InChI=1S/C6H5IO2S.Li/c7-5-2-1-3-6(4-5)10(8)9;/h1-4H,(H,8,9);/q;+1/p-1. The van der Waals surface area contributed by atoms with Crippen molar-refractivity contribution in [2.45, 2.75) is 4.90 Å². The molecule has 0 aliphatic heterocycles. The van der Waals surface area contributed by atoms with Crippen LogP contribution in [0.4, 0.5) is 0 Å². The van der Waals surface area contributed by atoms with Gasteiger partial charge in [0, 0.05) is 8.47 Å². The van der Waals surface area contributed by atoms with E-state index in [9.17, 15) is 8.76 Å². The summed E-state index contributed by atoms with van der Waals surface area (Å²) >= 11 is -0.0286. The molecule has 2 nitrogen and oxygen atoms in total. The SMILES string of the molecule is O=S([O-])c1cccc(I)c1.[Li+]. The topological polar surface area (TPSA) is 40.1 Å². The van der Waals surface area contributed by atoms with Crippen molar-refractivity contribution in [1.82, 2.24) is 0 Å². The molecule has 1 rings (SSSR count). The van der Waals surface area contributed by atoms with Crippen LogP contribution >= 0.6 is 22.6 Å². The summed E-state index contributed by atoms with van der Waals surface area (Å²) in [5.74, 6) is 0. The van der Waals surface area contributed by atoms with Gasteiger partial charge in [0.05, 0.1) is 0 Å². The van der Waals surface area contributed by atoms with Crippen LogP contribution in [-0.2, 0) is 11.1 Å². The Balaban J connectivity index is 0.000001000. The molecule has 1 atom stereocenters. The van der Waals surface area contributed by atoms with E-state index in [-0.39, 0.29) is 18.9 Å². The number of hydrogen-bond donors (Lipinski definition) is 0. The van der Waals surface area contributed by atoms with Crippen molar-refractivity contribution < 1.29 is 27.6 Å². The van der Waals surface area contributed by atoms with Gasteiger partial charge in [0.25, 0.3) is 0 Å². The van der Waals surface area contributed by atoms with Crippen molar-refractivity contribution in [1.29, 1.82) is 0 Å². The Morgan fingerprint density at radius 3 is 2.45 bits per heavy atom. The van der Waals surface area contributed by atoms with Crippen LogP contribution in [0.2, 0.25) is 0 Å². The average Bonchev–Trinajstić information content (AvgIpc) is 1.88. The van der Waals surface area contributed by atoms with Gasteiger partial charge in [0.15, 0.2) is 0 Å². The van der Waals surface area contributed by atoms with Gasteiger partial charge in [-0.1, -0.05) is 6.07 Å². The van der Waals surface area contributed by atoms with Gasteiger partial charge in [-0.25, -0.2) is 0 Å². The Morgan fingerprint density at radius 2 is 2.09 bits per heavy atom. The van der Waals surface area contributed by atoms with E-state index in [1.54, 1.807) is 18.2 Å². The summed E-state index contributed by atoms with van der Waals surface area (Å²) in [4.78, 5) is 0.340. The molecule has 0 aliphatic rings. The quantitative estimate of drug-likeness (QED) is 0.356. The van der Waals surface area contributed by atoms with Crippen LogP contribution in [0.3, 0.4) is 0 Å². The van der Waals surface area contributed by atoms with E-state index >= 15 is 0 Å². The fraction of sp³-hybridized carbons (Fsp3) is 0. The van der Waals surface area contributed by atoms with Crippen molar-refractivity contribution in [3.8, 4) is 0 Å². The fourth-order valence-corrected chi connectivity index (χ4v) is 1.74. The van der Waals surface area contributed by atoms with Crippen molar-refractivity contribution in [3.63, 3.8) is 0 Å². The van der Waals surface area contributed by atoms with Crippen LogP contribution in [0.5, 0.6) is 0 Å². The maximum absolute atomic E-state index is 10.3. The number of halogens is 1. The molecular formula is C6H4ILiO2S. The number of benzene rings is 1. The molecule has 11 heavy (non-hydrogen) atoms. The largest absolute Gasteiger partial charge is 1.00 e. The van der Waals surface area contributed by atoms with Crippen molar-refractivity contribution >= 4 is 33.7 Å². The second kappa shape index (κ2) is 5.33. The van der Waals surface area contributed by atoms with Crippen LogP contribution in [0.25, 0.3) is 0 Å². The molecule has 1 aromatic rings. The molecule has 5 heteroatoms. The molecule has 0 aromatic heterocycles. The first-order valence-corrected chi connectivity index (χ1v) is 4.70. The molecule has 0 radical (unpaired) electrons. The van der Waals surface area contributed by atoms with Crippen molar-refractivity contribution in [2.75, 3.05) is 0 Å². The van der Waals surface area contributed by atoms with Gasteiger partial charge in [-0.15, -0.1) is 0 Å². The van der Waals surface area contributed by atoms with Gasteiger partial charge in [-0.3, -0.25) is 4.21 Å². The third-order valence-electron chi connectivity index (χ3n) is 0.989. The minimum atomic E-state index is -2.09. The van der Waals surface area contributed by atoms with E-state index < -0.39 is 11.1 Å². The predicted molar refractivity (Wildman–Crippen MR) is 46.3 cm³/mol. The molecule has 0 spiro atoms. The molecule has 1 unspecified atom stereocenters. The Bertz CT molecular complexity index is 267. The van der Waals surface area contributed by atoms with E-state index in [1.165, 1.54) is 0 Å². The molecule has 0 saturated carbocycles. The third-order valence-corrected chi connectivity index (χ3v) is 2.30. The van der Waals surface area contributed by atoms with E-state index in [0.29, 0.717) is 4.90 Å². The molecule has 0 amide bonds. The van der Waals surface area contributed by atoms with Gasteiger partial charge in [-0.05, 0) is 51.9 Å². The Morgan fingerprint density at radius 1 is 1.45 bits per heavy atom. The zero-order chi connectivity index (χ0) is 7.56. The maximum Gasteiger partial charge on any atom is 1.00 e. The minimum absolute atomic E-state index is 0. The molecule has 0 heterocycles. The van der Waals surface area contributed by atoms with E-state index in [1.807, 2.05) is 6.07 Å². The van der Waals surface area contributed by atoms with E-state index in [2.05, 4.69) is 22.6 Å². The monoisotopic (exact) mass is 274 g/mol. The molecule has 54 valence electrons. The summed E-state index contributed by atoms with van der Waals surface area (Å²) in [6.45, 7) is 0. The zero-order valence-corrected chi connectivity index (χ0v) is 8.89. The van der Waals surface area contributed by atoms with Gasteiger partial charge < -0.3 is 4.55 Å². The Labute approximate surface area is 93.4 Å². The summed E-state index contributed by atoms with van der Waals surface area (Å²) in [7, 11) is 0. The Kier molecular flexibility index (Phi) is 5.65. The summed E-state index contributed by atoms with van der Waals surface area (Å²) in [6.07, 6.45) is 0. The van der Waals surface area contributed by atoms with Crippen LogP contribution in [-0.4, -0.2) is 8.76 Å². The van der Waals surface area contributed by atoms with Crippen molar-refractivity contribution in [3.05, 3.63) is 27.8 Å². The first-order chi connectivity index (χ1) is 4.70. The smallest absolute Gasteiger partial charge is 0.768 e. The Hall–Kier alpha value is 0.657. The molecule has 0 N–H and O–H groups in total. The second-order valence-corrected chi connectivity index (χ2v) is 3.88. The minimum Gasteiger partial charge on any atom is -0.768 e. The molecule has 1 aromatic carbocycles. The van der Waals surface area contributed by atoms with Gasteiger partial charge in [0.2, 0.25) is 0 Å². The summed E-state index contributed by atoms with van der Waals surface area (Å²) in [6, 6.07) is 6.73. The summed E-state index contributed by atoms with van der Waals surface area (Å²) in [5.41, 5.74) is 0. The van der Waals surface area contributed by atoms with Crippen LogP contribution in [0.15, 0.2) is 29.2 Å². The first-order valence-electron chi connectivity index (χ1n) is 2.55. The third kappa shape index (κ3) is 3.72. The molecule has 0 aliphatic carbocycles. The first kappa shape index (κ1) is 11.7. The van der Waals surface area contributed by atoms with Crippen LogP contribution in [0, 0.1) is 3.57 Å². The number of rotatable bonds is 1. The van der Waals surface area contributed by atoms with E-state index in [4.69, 9.17) is 0 Å². The average molecular weight is 274 g/mol. The molecule has 0 saturated heterocycles. The molecular weight excluding hydrogens is 270 g/mol. The van der Waals surface area contributed by atoms with Gasteiger partial charge >= 0.3 is 18.9 Å².